The van der Waals surface area contributed by atoms with Crippen LogP contribution in [0.15, 0.2) is 101 Å². The molecule has 4 nitrogen and oxygen atoms in total. The molecule has 5 heteroatoms. The number of aliphatic imine (C=N–C) groups is 1. The van der Waals surface area contributed by atoms with Crippen LogP contribution < -0.4 is 4.74 Å². The molecule has 1 aliphatic carbocycles. The van der Waals surface area contributed by atoms with Crippen LogP contribution in [-0.4, -0.2) is 22.0 Å². The molecule has 3 aromatic carbocycles. The van der Waals surface area contributed by atoms with Gasteiger partial charge in [0.25, 0.3) is 5.91 Å². The van der Waals surface area contributed by atoms with E-state index in [0.717, 1.165) is 59.0 Å². The third-order valence-corrected chi connectivity index (χ3v) is 7.72. The van der Waals surface area contributed by atoms with Crippen LogP contribution in [0, 0.1) is 0 Å². The third kappa shape index (κ3) is 6.23. The predicted molar refractivity (Wildman–Crippen MR) is 154 cm³/mol. The Morgan fingerprint density at radius 3 is 2.43 bits per heavy atom. The van der Waals surface area contributed by atoms with Crippen LogP contribution in [0.4, 0.5) is 5.69 Å². The number of para-hydroxylation sites is 1. The summed E-state index contributed by atoms with van der Waals surface area (Å²) in [4.78, 5) is 21.2. The van der Waals surface area contributed by atoms with E-state index in [1.54, 1.807) is 0 Å². The average Bonchev–Trinajstić information content (AvgIpc) is 3.24. The van der Waals surface area contributed by atoms with Crippen LogP contribution in [0.5, 0.6) is 5.75 Å². The molecule has 1 aliphatic heterocycles. The number of hydrogen-bond acceptors (Lipinski definition) is 4. The topological polar surface area (TPSA) is 41.9 Å². The number of thioether (sulfide) groups is 1. The minimum atomic E-state index is 0.0567. The van der Waals surface area contributed by atoms with E-state index in [0.29, 0.717) is 17.9 Å². The van der Waals surface area contributed by atoms with Crippen molar-refractivity contribution in [3.05, 3.63) is 113 Å². The number of carbonyl (C=O) groups excluding carboxylic acids is 1. The number of carbonyl (C=O) groups is 1. The van der Waals surface area contributed by atoms with Gasteiger partial charge < -0.3 is 4.74 Å². The fraction of sp³-hybridized carbons (Fsp3) is 0.250. The van der Waals surface area contributed by atoms with E-state index >= 15 is 0 Å². The Morgan fingerprint density at radius 2 is 1.70 bits per heavy atom. The van der Waals surface area contributed by atoms with Gasteiger partial charge in [-0.15, -0.1) is 6.58 Å². The molecule has 5 rings (SSSR count). The summed E-state index contributed by atoms with van der Waals surface area (Å²) < 4.78 is 6.13. The van der Waals surface area contributed by atoms with Gasteiger partial charge in [0.15, 0.2) is 5.17 Å². The maximum Gasteiger partial charge on any atom is 0.267 e. The molecular weight excluding hydrogens is 476 g/mol. The Bertz CT molecular complexity index is 1290. The molecule has 2 aliphatic rings. The zero-order chi connectivity index (χ0) is 25.5. The molecule has 1 heterocycles. The Balaban J connectivity index is 1.41. The van der Waals surface area contributed by atoms with Gasteiger partial charge in [0, 0.05) is 6.04 Å². The highest BCUT2D eigenvalue weighted by molar-refractivity contribution is 8.18. The molecule has 0 atom stereocenters. The molecule has 37 heavy (non-hydrogen) atoms. The highest BCUT2D eigenvalue weighted by Gasteiger charge is 2.38. The van der Waals surface area contributed by atoms with Crippen LogP contribution in [0.1, 0.15) is 48.8 Å². The Hall–Kier alpha value is -3.57. The largest absolute Gasteiger partial charge is 0.489 e. The van der Waals surface area contributed by atoms with E-state index in [4.69, 9.17) is 9.73 Å². The summed E-state index contributed by atoms with van der Waals surface area (Å²) in [7, 11) is 0. The number of benzene rings is 3. The number of ether oxygens (including phenoxy) is 1. The van der Waals surface area contributed by atoms with Crippen molar-refractivity contribution in [2.24, 2.45) is 4.99 Å². The van der Waals surface area contributed by atoms with Crippen LogP contribution in [0.3, 0.4) is 0 Å². The Labute approximate surface area is 223 Å². The Morgan fingerprint density at radius 1 is 0.973 bits per heavy atom. The summed E-state index contributed by atoms with van der Waals surface area (Å²) in [6, 6.07) is 26.4. The molecule has 0 aromatic heterocycles. The van der Waals surface area contributed by atoms with Gasteiger partial charge in [-0.1, -0.05) is 79.9 Å². The van der Waals surface area contributed by atoms with Crippen LogP contribution in [0.25, 0.3) is 6.08 Å². The number of hydrogen-bond donors (Lipinski definition) is 0. The minimum absolute atomic E-state index is 0.0567. The van der Waals surface area contributed by atoms with E-state index in [9.17, 15) is 4.79 Å². The van der Waals surface area contributed by atoms with Crippen molar-refractivity contribution in [3.63, 3.8) is 0 Å². The standard InChI is InChI=1S/C32H32N2O2S/c1-2-12-26-21-25(19-20-29(26)36-23-24-13-6-3-7-14-24)22-30-31(35)34(28-17-10-5-11-18-28)32(37-30)33-27-15-8-4-9-16-27/h2-4,6-9,13-16,19-22,28H,1,5,10-12,17-18,23H2/b30-22+,33-32?. The molecule has 2 fully saturated rings. The normalized spacial score (nSPS) is 18.5. The van der Waals surface area contributed by atoms with Gasteiger partial charge in [0.1, 0.15) is 12.4 Å². The lowest BCUT2D eigenvalue weighted by Gasteiger charge is -2.30. The van der Waals surface area contributed by atoms with Gasteiger partial charge in [0.2, 0.25) is 0 Å². The number of nitrogens with zero attached hydrogens (tertiary/aromatic N) is 2. The number of allylic oxidation sites excluding steroid dienone is 1. The molecule has 1 amide bonds. The molecule has 3 aromatic rings. The van der Waals surface area contributed by atoms with E-state index in [2.05, 4.69) is 24.8 Å². The minimum Gasteiger partial charge on any atom is -0.489 e. The second kappa shape index (κ2) is 12.1. The van der Waals surface area contributed by atoms with E-state index in [1.165, 1.54) is 18.2 Å². The molecule has 0 N–H and O–H groups in total. The second-order valence-corrected chi connectivity index (χ2v) is 10.5. The summed E-state index contributed by atoms with van der Waals surface area (Å²) >= 11 is 1.48. The lowest BCUT2D eigenvalue weighted by molar-refractivity contribution is -0.124. The maximum atomic E-state index is 13.7. The molecule has 0 unspecified atom stereocenters. The molecular formula is C32H32N2O2S. The first-order valence-corrected chi connectivity index (χ1v) is 13.8. The van der Waals surface area contributed by atoms with Gasteiger partial charge in [0.05, 0.1) is 10.6 Å². The van der Waals surface area contributed by atoms with Crippen molar-refractivity contribution in [2.45, 2.75) is 51.2 Å². The lowest BCUT2D eigenvalue weighted by atomic mass is 9.94. The summed E-state index contributed by atoms with van der Waals surface area (Å²) in [5.74, 6) is 0.896. The number of amidine groups is 1. The highest BCUT2D eigenvalue weighted by atomic mass is 32.2. The van der Waals surface area contributed by atoms with Gasteiger partial charge in [-0.2, -0.15) is 0 Å². The quantitative estimate of drug-likeness (QED) is 0.229. The first-order chi connectivity index (χ1) is 18.2. The SMILES string of the molecule is C=CCc1cc(/C=C2/SC(=Nc3ccccc3)N(C3CCCCC3)C2=O)ccc1OCc1ccccc1. The third-order valence-electron chi connectivity index (χ3n) is 6.74. The van der Waals surface area contributed by atoms with Gasteiger partial charge in [-0.25, -0.2) is 4.99 Å². The van der Waals surface area contributed by atoms with Crippen molar-refractivity contribution in [2.75, 3.05) is 0 Å². The van der Waals surface area contributed by atoms with E-state index in [1.807, 2.05) is 77.7 Å². The van der Waals surface area contributed by atoms with Crippen LogP contribution in [-0.2, 0) is 17.8 Å². The zero-order valence-electron chi connectivity index (χ0n) is 21.0. The van der Waals surface area contributed by atoms with E-state index in [-0.39, 0.29) is 11.9 Å². The van der Waals surface area contributed by atoms with Crippen molar-refractivity contribution in [1.82, 2.24) is 4.90 Å². The first kappa shape index (κ1) is 25.1. The number of amides is 1. The second-order valence-electron chi connectivity index (χ2n) is 9.44. The van der Waals surface area contributed by atoms with Gasteiger partial charge >= 0.3 is 0 Å². The maximum absolute atomic E-state index is 13.7. The van der Waals surface area contributed by atoms with Crippen LogP contribution >= 0.6 is 11.8 Å². The summed E-state index contributed by atoms with van der Waals surface area (Å²) in [5.41, 5.74) is 4.02. The average molecular weight is 509 g/mol. The predicted octanol–water partition coefficient (Wildman–Crippen LogP) is 7.93. The van der Waals surface area contributed by atoms with Gasteiger partial charge in [-0.05, 0) is 78.1 Å². The monoisotopic (exact) mass is 508 g/mol. The van der Waals surface area contributed by atoms with Crippen molar-refractivity contribution < 1.29 is 9.53 Å². The van der Waals surface area contributed by atoms with Gasteiger partial charge in [-0.3, -0.25) is 9.69 Å². The van der Waals surface area contributed by atoms with E-state index < -0.39 is 0 Å². The van der Waals surface area contributed by atoms with Crippen LogP contribution in [0.2, 0.25) is 0 Å². The molecule has 0 radical (unpaired) electrons. The number of rotatable bonds is 8. The molecule has 188 valence electrons. The van der Waals surface area contributed by atoms with Crippen molar-refractivity contribution in [1.29, 1.82) is 0 Å². The fourth-order valence-electron chi connectivity index (χ4n) is 4.87. The summed E-state index contributed by atoms with van der Waals surface area (Å²) in [5, 5.41) is 0.781. The smallest absolute Gasteiger partial charge is 0.267 e. The van der Waals surface area contributed by atoms with Crippen molar-refractivity contribution in [3.8, 4) is 5.75 Å². The summed E-state index contributed by atoms with van der Waals surface area (Å²) in [6.45, 7) is 4.43. The molecule has 1 saturated heterocycles. The fourth-order valence-corrected chi connectivity index (χ4v) is 5.93. The molecule has 0 spiro atoms. The van der Waals surface area contributed by atoms with Crippen molar-refractivity contribution >= 4 is 34.6 Å². The summed E-state index contributed by atoms with van der Waals surface area (Å²) in [6.07, 6.45) is 10.2. The first-order valence-electron chi connectivity index (χ1n) is 13.0. The highest BCUT2D eigenvalue weighted by Crippen LogP contribution is 2.39. The Kier molecular flexibility index (Phi) is 8.21. The lowest BCUT2D eigenvalue weighted by Crippen LogP contribution is -2.40. The zero-order valence-corrected chi connectivity index (χ0v) is 21.8. The molecule has 1 saturated carbocycles. The molecule has 0 bridgehead atoms.